The standard InChI is InChI=1S/C19H19NO6/c1-22-15-8-11(9-16(23-2)18(15)25-4)13-10-26-19(20-13)12-6-5-7-14(21)17(12)24-3/h5-10,21H,1-4H3. The molecule has 0 saturated heterocycles. The van der Waals surface area contributed by atoms with Crippen molar-refractivity contribution in [3.05, 3.63) is 36.6 Å². The molecule has 0 spiro atoms. The molecule has 0 saturated carbocycles. The van der Waals surface area contributed by atoms with Gasteiger partial charge in [0.2, 0.25) is 11.6 Å². The number of ether oxygens (including phenoxy) is 4. The van der Waals surface area contributed by atoms with Gasteiger partial charge in [-0.25, -0.2) is 4.98 Å². The Morgan fingerprint density at radius 2 is 1.54 bits per heavy atom. The molecule has 26 heavy (non-hydrogen) atoms. The Labute approximate surface area is 150 Å². The van der Waals surface area contributed by atoms with Crippen molar-refractivity contribution < 1.29 is 28.5 Å². The second kappa shape index (κ2) is 7.26. The van der Waals surface area contributed by atoms with E-state index >= 15 is 0 Å². The Morgan fingerprint density at radius 1 is 0.885 bits per heavy atom. The highest BCUT2D eigenvalue weighted by Gasteiger charge is 2.19. The van der Waals surface area contributed by atoms with Crippen molar-refractivity contribution >= 4 is 0 Å². The lowest BCUT2D eigenvalue weighted by molar-refractivity contribution is 0.324. The molecule has 0 aliphatic carbocycles. The fourth-order valence-corrected chi connectivity index (χ4v) is 2.67. The number of phenols is 1. The number of aromatic nitrogens is 1. The maximum Gasteiger partial charge on any atom is 0.230 e. The van der Waals surface area contributed by atoms with Gasteiger partial charge in [0.1, 0.15) is 12.0 Å². The summed E-state index contributed by atoms with van der Waals surface area (Å²) >= 11 is 0. The average Bonchev–Trinajstić information content (AvgIpc) is 3.16. The van der Waals surface area contributed by atoms with Gasteiger partial charge in [-0.3, -0.25) is 0 Å². The molecular weight excluding hydrogens is 338 g/mol. The number of oxazole rings is 1. The van der Waals surface area contributed by atoms with Gasteiger partial charge in [0.05, 0.1) is 34.0 Å². The van der Waals surface area contributed by atoms with E-state index in [2.05, 4.69) is 4.98 Å². The van der Waals surface area contributed by atoms with Crippen molar-refractivity contribution in [1.29, 1.82) is 0 Å². The lowest BCUT2D eigenvalue weighted by Crippen LogP contribution is -1.95. The van der Waals surface area contributed by atoms with Gasteiger partial charge in [-0.2, -0.15) is 0 Å². The minimum absolute atomic E-state index is 0.0116. The molecule has 0 aliphatic rings. The molecule has 3 aromatic rings. The van der Waals surface area contributed by atoms with Crippen LogP contribution in [0, 0.1) is 0 Å². The number of methoxy groups -OCH3 is 4. The van der Waals surface area contributed by atoms with Gasteiger partial charge in [0.15, 0.2) is 23.0 Å². The zero-order valence-corrected chi connectivity index (χ0v) is 14.9. The van der Waals surface area contributed by atoms with Crippen LogP contribution in [-0.2, 0) is 0 Å². The molecular formula is C19H19NO6. The second-order valence-electron chi connectivity index (χ2n) is 5.31. The number of benzene rings is 2. The molecule has 0 aliphatic heterocycles. The van der Waals surface area contributed by atoms with E-state index in [1.54, 1.807) is 45.6 Å². The molecule has 7 nitrogen and oxygen atoms in total. The average molecular weight is 357 g/mol. The lowest BCUT2D eigenvalue weighted by atomic mass is 10.1. The molecule has 1 N–H and O–H groups in total. The number of phenolic OH excluding ortho intramolecular Hbond substituents is 1. The van der Waals surface area contributed by atoms with Crippen molar-refractivity contribution in [3.63, 3.8) is 0 Å². The Bertz CT molecular complexity index is 893. The third kappa shape index (κ3) is 2.99. The highest BCUT2D eigenvalue weighted by Crippen LogP contribution is 2.42. The quantitative estimate of drug-likeness (QED) is 0.719. The second-order valence-corrected chi connectivity index (χ2v) is 5.31. The lowest BCUT2D eigenvalue weighted by Gasteiger charge is -2.13. The Balaban J connectivity index is 2.07. The van der Waals surface area contributed by atoms with Gasteiger partial charge in [-0.05, 0) is 24.3 Å². The van der Waals surface area contributed by atoms with E-state index in [9.17, 15) is 5.11 Å². The minimum atomic E-state index is 0.0116. The van der Waals surface area contributed by atoms with Crippen LogP contribution in [0.5, 0.6) is 28.7 Å². The molecule has 0 bridgehead atoms. The summed E-state index contributed by atoms with van der Waals surface area (Å²) in [5, 5.41) is 9.93. The van der Waals surface area contributed by atoms with E-state index in [1.807, 2.05) is 0 Å². The van der Waals surface area contributed by atoms with Crippen LogP contribution < -0.4 is 18.9 Å². The van der Waals surface area contributed by atoms with Crippen LogP contribution in [0.15, 0.2) is 41.0 Å². The molecule has 3 rings (SSSR count). The maximum atomic E-state index is 9.93. The van der Waals surface area contributed by atoms with Gasteiger partial charge < -0.3 is 28.5 Å². The summed E-state index contributed by atoms with van der Waals surface area (Å²) in [4.78, 5) is 4.50. The first kappa shape index (κ1) is 17.5. The van der Waals surface area contributed by atoms with Crippen LogP contribution >= 0.6 is 0 Å². The first-order valence-corrected chi connectivity index (χ1v) is 7.75. The van der Waals surface area contributed by atoms with Crippen LogP contribution in [0.25, 0.3) is 22.7 Å². The predicted molar refractivity (Wildman–Crippen MR) is 95.2 cm³/mol. The maximum absolute atomic E-state index is 9.93. The van der Waals surface area contributed by atoms with Gasteiger partial charge >= 0.3 is 0 Å². The molecule has 0 unspecified atom stereocenters. The fourth-order valence-electron chi connectivity index (χ4n) is 2.67. The molecule has 1 aromatic heterocycles. The summed E-state index contributed by atoms with van der Waals surface area (Å²) in [5.74, 6) is 2.16. The van der Waals surface area contributed by atoms with E-state index in [0.717, 1.165) is 5.56 Å². The predicted octanol–water partition coefficient (Wildman–Crippen LogP) is 3.75. The largest absolute Gasteiger partial charge is 0.504 e. The third-order valence-corrected chi connectivity index (χ3v) is 3.89. The summed E-state index contributed by atoms with van der Waals surface area (Å²) in [6.45, 7) is 0. The number of hydrogen-bond acceptors (Lipinski definition) is 7. The number of para-hydroxylation sites is 1. The van der Waals surface area contributed by atoms with E-state index in [4.69, 9.17) is 23.4 Å². The zero-order chi connectivity index (χ0) is 18.7. The molecule has 0 atom stereocenters. The smallest absolute Gasteiger partial charge is 0.230 e. The van der Waals surface area contributed by atoms with Crippen molar-refractivity contribution in [2.45, 2.75) is 0 Å². The van der Waals surface area contributed by atoms with E-state index in [-0.39, 0.29) is 5.75 Å². The Kier molecular flexibility index (Phi) is 4.88. The number of nitrogens with zero attached hydrogens (tertiary/aromatic N) is 1. The molecule has 136 valence electrons. The van der Waals surface area contributed by atoms with Gasteiger partial charge in [-0.15, -0.1) is 0 Å². The van der Waals surface area contributed by atoms with E-state index in [1.165, 1.54) is 19.4 Å². The Morgan fingerprint density at radius 3 is 2.12 bits per heavy atom. The van der Waals surface area contributed by atoms with Crippen molar-refractivity contribution in [2.24, 2.45) is 0 Å². The van der Waals surface area contributed by atoms with Gasteiger partial charge in [-0.1, -0.05) is 6.07 Å². The SMILES string of the molecule is COc1cc(-c2coc(-c3cccc(O)c3OC)n2)cc(OC)c1OC. The van der Waals surface area contributed by atoms with Gasteiger partial charge in [0.25, 0.3) is 0 Å². The zero-order valence-electron chi connectivity index (χ0n) is 14.9. The van der Waals surface area contributed by atoms with Crippen LogP contribution in [0.1, 0.15) is 0 Å². The molecule has 0 amide bonds. The van der Waals surface area contributed by atoms with Crippen molar-refractivity contribution in [2.75, 3.05) is 28.4 Å². The summed E-state index contributed by atoms with van der Waals surface area (Å²) in [6, 6.07) is 8.54. The molecule has 0 radical (unpaired) electrons. The number of aromatic hydroxyl groups is 1. The summed E-state index contributed by atoms with van der Waals surface area (Å²) in [6.07, 6.45) is 1.51. The normalized spacial score (nSPS) is 10.5. The minimum Gasteiger partial charge on any atom is -0.504 e. The van der Waals surface area contributed by atoms with Crippen LogP contribution in [0.3, 0.4) is 0 Å². The van der Waals surface area contributed by atoms with E-state index < -0.39 is 0 Å². The van der Waals surface area contributed by atoms with Crippen molar-refractivity contribution in [1.82, 2.24) is 4.98 Å². The fraction of sp³-hybridized carbons (Fsp3) is 0.211. The van der Waals surface area contributed by atoms with Crippen molar-refractivity contribution in [3.8, 4) is 51.5 Å². The number of hydrogen-bond donors (Lipinski definition) is 1. The van der Waals surface area contributed by atoms with Crippen LogP contribution in [-0.4, -0.2) is 38.5 Å². The van der Waals surface area contributed by atoms with Crippen LogP contribution in [0.2, 0.25) is 0 Å². The summed E-state index contributed by atoms with van der Waals surface area (Å²) in [7, 11) is 6.11. The highest BCUT2D eigenvalue weighted by molar-refractivity contribution is 5.72. The third-order valence-electron chi connectivity index (χ3n) is 3.89. The summed E-state index contributed by atoms with van der Waals surface area (Å²) < 4.78 is 26.9. The van der Waals surface area contributed by atoms with Gasteiger partial charge in [0, 0.05) is 5.56 Å². The highest BCUT2D eigenvalue weighted by atomic mass is 16.5. The Hall–Kier alpha value is -3.35. The first-order valence-electron chi connectivity index (χ1n) is 7.75. The van der Waals surface area contributed by atoms with E-state index in [0.29, 0.717) is 40.1 Å². The first-order chi connectivity index (χ1) is 12.6. The summed E-state index contributed by atoms with van der Waals surface area (Å²) in [5.41, 5.74) is 1.85. The number of rotatable bonds is 6. The monoisotopic (exact) mass is 357 g/mol. The molecule has 7 heteroatoms. The molecule has 0 fully saturated rings. The molecule has 1 heterocycles. The van der Waals surface area contributed by atoms with Crippen LogP contribution in [0.4, 0.5) is 0 Å². The topological polar surface area (TPSA) is 83.2 Å². The molecule has 2 aromatic carbocycles.